The first-order valence-electron chi connectivity index (χ1n) is 5.51. The Kier molecular flexibility index (Phi) is 6.50. The highest BCUT2D eigenvalue weighted by atomic mass is 16.4. The summed E-state index contributed by atoms with van der Waals surface area (Å²) >= 11 is 0. The van der Waals surface area contributed by atoms with Crippen molar-refractivity contribution in [3.8, 4) is 0 Å². The molecule has 0 aromatic carbocycles. The minimum Gasteiger partial charge on any atom is -0.411 e. The number of hydrogen-bond acceptors (Lipinski definition) is 3. The van der Waals surface area contributed by atoms with Gasteiger partial charge in [0.1, 0.15) is 0 Å². The summed E-state index contributed by atoms with van der Waals surface area (Å²) < 4.78 is 0. The van der Waals surface area contributed by atoms with Gasteiger partial charge in [-0.3, -0.25) is 0 Å². The molecule has 1 aliphatic rings. The largest absolute Gasteiger partial charge is 0.411 e. The number of rotatable bonds is 2. The Morgan fingerprint density at radius 2 is 2.00 bits per heavy atom. The lowest BCUT2D eigenvalue weighted by Gasteiger charge is -2.20. The van der Waals surface area contributed by atoms with E-state index in [1.165, 1.54) is 11.1 Å². The van der Waals surface area contributed by atoms with E-state index in [1.54, 1.807) is 0 Å². The van der Waals surface area contributed by atoms with E-state index in [2.05, 4.69) is 30.4 Å². The normalized spacial score (nSPS) is 20.6. The third-order valence-corrected chi connectivity index (χ3v) is 2.37. The Balaban J connectivity index is 0.000000921. The van der Waals surface area contributed by atoms with Crippen molar-refractivity contribution in [2.75, 3.05) is 0 Å². The van der Waals surface area contributed by atoms with Gasteiger partial charge in [-0.15, -0.1) is 0 Å². The van der Waals surface area contributed by atoms with E-state index in [-0.39, 0.29) is 6.04 Å². The molecular weight excluding hydrogens is 188 g/mol. The fourth-order valence-corrected chi connectivity index (χ4v) is 1.30. The van der Waals surface area contributed by atoms with Crippen LogP contribution in [0, 0.1) is 0 Å². The molecule has 3 heteroatoms. The molecule has 1 rings (SSSR count). The van der Waals surface area contributed by atoms with Crippen LogP contribution in [0.2, 0.25) is 0 Å². The molecule has 0 radical (unpaired) electrons. The third-order valence-electron chi connectivity index (χ3n) is 2.37. The van der Waals surface area contributed by atoms with Crippen LogP contribution in [0.4, 0.5) is 0 Å². The molecule has 1 aliphatic heterocycles. The molecule has 0 saturated heterocycles. The van der Waals surface area contributed by atoms with Crippen LogP contribution in [0.5, 0.6) is 0 Å². The van der Waals surface area contributed by atoms with Gasteiger partial charge in [-0.1, -0.05) is 32.0 Å². The van der Waals surface area contributed by atoms with E-state index in [0.717, 1.165) is 12.1 Å². The fourth-order valence-electron chi connectivity index (χ4n) is 1.30. The van der Waals surface area contributed by atoms with E-state index < -0.39 is 0 Å². The molecule has 0 amide bonds. The number of dihydropyridines is 1. The summed E-state index contributed by atoms with van der Waals surface area (Å²) in [5.74, 6) is 0. The van der Waals surface area contributed by atoms with Gasteiger partial charge in [-0.25, -0.2) is 0 Å². The highest BCUT2D eigenvalue weighted by molar-refractivity contribution is 5.91. The second-order valence-electron chi connectivity index (χ2n) is 3.27. The van der Waals surface area contributed by atoms with E-state index in [1.807, 2.05) is 27.0 Å². The zero-order chi connectivity index (χ0) is 11.8. The summed E-state index contributed by atoms with van der Waals surface area (Å²) in [4.78, 5) is 0. The molecule has 0 aromatic rings. The highest BCUT2D eigenvalue weighted by Crippen LogP contribution is 2.14. The molecule has 1 unspecified atom stereocenters. The van der Waals surface area contributed by atoms with Gasteiger partial charge in [0.05, 0.1) is 11.8 Å². The summed E-state index contributed by atoms with van der Waals surface area (Å²) in [5, 5.41) is 15.2. The van der Waals surface area contributed by atoms with Crippen LogP contribution in [0.3, 0.4) is 0 Å². The zero-order valence-electron chi connectivity index (χ0n) is 10.3. The molecule has 0 spiro atoms. The summed E-state index contributed by atoms with van der Waals surface area (Å²) in [6.07, 6.45) is 4.79. The molecule has 1 atom stereocenters. The maximum atomic E-state index is 8.73. The van der Waals surface area contributed by atoms with Crippen molar-refractivity contribution >= 4 is 5.71 Å². The number of nitrogens with zero attached hydrogens (tertiary/aromatic N) is 1. The Labute approximate surface area is 92.6 Å². The van der Waals surface area contributed by atoms with E-state index >= 15 is 0 Å². The van der Waals surface area contributed by atoms with Crippen LogP contribution in [-0.2, 0) is 0 Å². The second-order valence-corrected chi connectivity index (χ2v) is 3.27. The van der Waals surface area contributed by atoms with Crippen molar-refractivity contribution in [1.82, 2.24) is 5.32 Å². The van der Waals surface area contributed by atoms with Crippen molar-refractivity contribution in [3.05, 3.63) is 23.4 Å². The molecule has 3 nitrogen and oxygen atoms in total. The molecule has 1 heterocycles. The first kappa shape index (κ1) is 13.8. The van der Waals surface area contributed by atoms with Crippen molar-refractivity contribution in [2.24, 2.45) is 5.16 Å². The van der Waals surface area contributed by atoms with Crippen molar-refractivity contribution < 1.29 is 5.21 Å². The molecule has 0 aliphatic carbocycles. The molecule has 0 aromatic heterocycles. The predicted molar refractivity (Wildman–Crippen MR) is 65.3 cm³/mol. The number of hydrogen-bond donors (Lipinski definition) is 2. The lowest BCUT2D eigenvalue weighted by Crippen LogP contribution is -2.33. The topological polar surface area (TPSA) is 44.6 Å². The Hall–Kier alpha value is -1.25. The average Bonchev–Trinajstić information content (AvgIpc) is 2.28. The maximum Gasteiger partial charge on any atom is 0.0864 e. The van der Waals surface area contributed by atoms with Gasteiger partial charge in [0.25, 0.3) is 0 Å². The summed E-state index contributed by atoms with van der Waals surface area (Å²) in [6.45, 7) is 10.1. The predicted octanol–water partition coefficient (Wildman–Crippen LogP) is 3.07. The number of allylic oxidation sites excluding steroid dienone is 2. The quantitative estimate of drug-likeness (QED) is 0.418. The minimum absolute atomic E-state index is 0.0544. The van der Waals surface area contributed by atoms with Gasteiger partial charge < -0.3 is 10.5 Å². The van der Waals surface area contributed by atoms with Gasteiger partial charge in [-0.2, -0.15) is 0 Å². The highest BCUT2D eigenvalue weighted by Gasteiger charge is 2.14. The maximum absolute atomic E-state index is 8.73. The zero-order valence-corrected chi connectivity index (χ0v) is 10.3. The third kappa shape index (κ3) is 3.78. The Morgan fingerprint density at radius 3 is 2.40 bits per heavy atom. The van der Waals surface area contributed by atoms with Crippen LogP contribution < -0.4 is 5.32 Å². The lowest BCUT2D eigenvalue weighted by molar-refractivity contribution is 0.315. The molecule has 2 N–H and O–H groups in total. The second kappa shape index (κ2) is 7.10. The van der Waals surface area contributed by atoms with Gasteiger partial charge in [0.15, 0.2) is 0 Å². The van der Waals surface area contributed by atoms with Crippen LogP contribution >= 0.6 is 0 Å². The first-order valence-corrected chi connectivity index (χ1v) is 5.51. The van der Waals surface area contributed by atoms with Gasteiger partial charge in [0.2, 0.25) is 0 Å². The van der Waals surface area contributed by atoms with Gasteiger partial charge >= 0.3 is 0 Å². The standard InChI is InChI=1S/C10H16N2O.C2H6/c1-4-9(12-13)10-5-7(2)8(3)6-11-10;1-2/h5-6,10-11,13H,4H2,1-3H3;1-2H3/b12-9-;. The minimum atomic E-state index is 0.0544. The Morgan fingerprint density at radius 1 is 1.40 bits per heavy atom. The average molecular weight is 210 g/mol. The van der Waals surface area contributed by atoms with Crippen molar-refractivity contribution in [1.29, 1.82) is 0 Å². The molecule has 0 fully saturated rings. The van der Waals surface area contributed by atoms with Crippen molar-refractivity contribution in [2.45, 2.75) is 47.1 Å². The summed E-state index contributed by atoms with van der Waals surface area (Å²) in [7, 11) is 0. The SMILES string of the molecule is CC.CC/C(=N/O)C1C=C(C)C(C)=CN1. The molecule has 86 valence electrons. The van der Waals surface area contributed by atoms with Gasteiger partial charge in [0, 0.05) is 6.20 Å². The molecule has 15 heavy (non-hydrogen) atoms. The monoisotopic (exact) mass is 210 g/mol. The van der Waals surface area contributed by atoms with E-state index in [9.17, 15) is 0 Å². The van der Waals surface area contributed by atoms with E-state index in [0.29, 0.717) is 0 Å². The van der Waals surface area contributed by atoms with Crippen LogP contribution in [0.25, 0.3) is 0 Å². The summed E-state index contributed by atoms with van der Waals surface area (Å²) in [6, 6.07) is 0.0544. The molecular formula is C12H22N2O. The first-order chi connectivity index (χ1) is 7.19. The van der Waals surface area contributed by atoms with Crippen LogP contribution in [0.15, 0.2) is 28.6 Å². The van der Waals surface area contributed by atoms with Crippen LogP contribution in [0.1, 0.15) is 41.0 Å². The molecule has 0 bridgehead atoms. The van der Waals surface area contributed by atoms with E-state index in [4.69, 9.17) is 5.21 Å². The number of nitrogens with one attached hydrogen (secondary N) is 1. The van der Waals surface area contributed by atoms with Crippen molar-refractivity contribution in [3.63, 3.8) is 0 Å². The summed E-state index contributed by atoms with van der Waals surface area (Å²) in [5.41, 5.74) is 3.23. The smallest absolute Gasteiger partial charge is 0.0864 e. The Bertz CT molecular complexity index is 277. The fraction of sp³-hybridized carbons (Fsp3) is 0.583. The lowest BCUT2D eigenvalue weighted by atomic mass is 10.00. The van der Waals surface area contributed by atoms with Crippen LogP contribution in [-0.4, -0.2) is 17.0 Å². The molecule has 0 saturated carbocycles. The number of oxime groups is 1. The van der Waals surface area contributed by atoms with Gasteiger partial charge in [-0.05, 0) is 31.4 Å².